The van der Waals surface area contributed by atoms with Crippen LogP contribution in [0.15, 0.2) is 12.1 Å². The third-order valence-corrected chi connectivity index (χ3v) is 1.95. The van der Waals surface area contributed by atoms with Gasteiger partial charge >= 0.3 is 0 Å². The van der Waals surface area contributed by atoms with Gasteiger partial charge in [-0.1, -0.05) is 0 Å². The van der Waals surface area contributed by atoms with Crippen molar-refractivity contribution in [2.45, 2.75) is 20.3 Å². The van der Waals surface area contributed by atoms with Gasteiger partial charge in [-0.3, -0.25) is 4.79 Å². The third-order valence-electron chi connectivity index (χ3n) is 1.95. The van der Waals surface area contributed by atoms with Crippen molar-refractivity contribution in [1.29, 1.82) is 0 Å². The van der Waals surface area contributed by atoms with Crippen molar-refractivity contribution in [3.63, 3.8) is 0 Å². The molecule has 0 radical (unpaired) electrons. The summed E-state index contributed by atoms with van der Waals surface area (Å²) in [7, 11) is 0. The quantitative estimate of drug-likeness (QED) is 0.672. The molecule has 0 aliphatic carbocycles. The monoisotopic (exact) mass is 202 g/mol. The first-order valence-electron chi connectivity index (χ1n) is 4.02. The first-order valence-corrected chi connectivity index (χ1v) is 4.02. The predicted molar refractivity (Wildman–Crippen MR) is 46.1 cm³/mol. The molecule has 14 heavy (non-hydrogen) atoms. The molecule has 0 saturated heterocycles. The second-order valence-electron chi connectivity index (χ2n) is 3.05. The number of alkyl halides is 2. The number of Topliss-reactive ketones (excluding diaryl/α,β-unsaturated/α-hetero) is 1. The zero-order valence-corrected chi connectivity index (χ0v) is 7.77. The van der Waals surface area contributed by atoms with Gasteiger partial charge in [0.1, 0.15) is 5.82 Å². The molecular formula is C10H9F3O. The maximum absolute atomic E-state index is 13.0. The third kappa shape index (κ3) is 1.95. The number of ketones is 1. The summed E-state index contributed by atoms with van der Waals surface area (Å²) >= 11 is 0. The number of carbonyl (C=O) groups excluding carboxylic acids is 1. The number of rotatable bonds is 2. The lowest BCUT2D eigenvalue weighted by Gasteiger charge is -2.07. The second kappa shape index (κ2) is 3.82. The van der Waals surface area contributed by atoms with Crippen molar-refractivity contribution in [3.05, 3.63) is 34.6 Å². The Labute approximate surface area is 79.5 Å². The number of benzene rings is 1. The summed E-state index contributed by atoms with van der Waals surface area (Å²) in [5.41, 5.74) is -0.537. The molecule has 1 nitrogen and oxygen atoms in total. The van der Waals surface area contributed by atoms with Crippen molar-refractivity contribution in [3.8, 4) is 0 Å². The Kier molecular flexibility index (Phi) is 2.93. The fraction of sp³-hybridized carbons (Fsp3) is 0.300. The van der Waals surface area contributed by atoms with E-state index < -0.39 is 23.6 Å². The van der Waals surface area contributed by atoms with Gasteiger partial charge in [-0.05, 0) is 31.5 Å². The Morgan fingerprint density at radius 1 is 1.36 bits per heavy atom. The summed E-state index contributed by atoms with van der Waals surface area (Å²) in [6.45, 7) is 2.51. The van der Waals surface area contributed by atoms with Gasteiger partial charge in [0.05, 0.1) is 0 Å². The Bertz CT molecular complexity index is 372. The molecule has 0 spiro atoms. The van der Waals surface area contributed by atoms with Crippen LogP contribution in [0.25, 0.3) is 0 Å². The Hall–Kier alpha value is -1.32. The molecule has 0 unspecified atom stereocenters. The highest BCUT2D eigenvalue weighted by molar-refractivity contribution is 5.95. The number of hydrogen-bond acceptors (Lipinski definition) is 1. The lowest BCUT2D eigenvalue weighted by atomic mass is 10.0. The van der Waals surface area contributed by atoms with Crippen molar-refractivity contribution in [1.82, 2.24) is 0 Å². The summed E-state index contributed by atoms with van der Waals surface area (Å²) < 4.78 is 37.8. The van der Waals surface area contributed by atoms with Gasteiger partial charge in [0.2, 0.25) is 0 Å². The van der Waals surface area contributed by atoms with E-state index in [1.807, 2.05) is 0 Å². The van der Waals surface area contributed by atoms with Gasteiger partial charge in [0, 0.05) is 11.1 Å². The average molecular weight is 202 g/mol. The maximum Gasteiger partial charge on any atom is 0.264 e. The Balaban J connectivity index is 3.39. The van der Waals surface area contributed by atoms with E-state index >= 15 is 0 Å². The van der Waals surface area contributed by atoms with E-state index in [0.717, 1.165) is 19.1 Å². The second-order valence-corrected chi connectivity index (χ2v) is 3.05. The minimum atomic E-state index is -2.76. The van der Waals surface area contributed by atoms with E-state index in [0.29, 0.717) is 0 Å². The first-order chi connectivity index (χ1) is 6.43. The zero-order valence-electron chi connectivity index (χ0n) is 7.77. The molecule has 0 N–H and O–H groups in total. The van der Waals surface area contributed by atoms with Crippen molar-refractivity contribution < 1.29 is 18.0 Å². The zero-order chi connectivity index (χ0) is 10.9. The van der Waals surface area contributed by atoms with E-state index in [-0.39, 0.29) is 11.1 Å². The molecule has 4 heteroatoms. The maximum atomic E-state index is 13.0. The minimum absolute atomic E-state index is 0.116. The normalized spacial score (nSPS) is 10.7. The van der Waals surface area contributed by atoms with Crippen LogP contribution in [-0.4, -0.2) is 5.78 Å². The highest BCUT2D eigenvalue weighted by Crippen LogP contribution is 2.25. The van der Waals surface area contributed by atoms with Crippen molar-refractivity contribution in [2.75, 3.05) is 0 Å². The fourth-order valence-electron chi connectivity index (χ4n) is 1.19. The van der Waals surface area contributed by atoms with Crippen LogP contribution in [0.4, 0.5) is 13.2 Å². The SMILES string of the molecule is CC(=O)c1cc(F)c(C)cc1C(F)F. The largest absolute Gasteiger partial charge is 0.294 e. The van der Waals surface area contributed by atoms with Crippen molar-refractivity contribution >= 4 is 5.78 Å². The number of aryl methyl sites for hydroxylation is 1. The summed E-state index contributed by atoms with van der Waals surface area (Å²) in [5, 5.41) is 0. The van der Waals surface area contributed by atoms with Crippen LogP contribution < -0.4 is 0 Å². The van der Waals surface area contributed by atoms with Gasteiger partial charge in [-0.15, -0.1) is 0 Å². The summed E-state index contributed by atoms with van der Waals surface area (Å²) in [4.78, 5) is 10.9. The van der Waals surface area contributed by atoms with E-state index in [1.165, 1.54) is 6.92 Å². The van der Waals surface area contributed by atoms with Gasteiger partial charge in [-0.2, -0.15) is 0 Å². The Morgan fingerprint density at radius 2 is 1.93 bits per heavy atom. The molecule has 0 bridgehead atoms. The first kappa shape index (κ1) is 10.8. The fourth-order valence-corrected chi connectivity index (χ4v) is 1.19. The Morgan fingerprint density at radius 3 is 2.36 bits per heavy atom. The molecule has 76 valence electrons. The van der Waals surface area contributed by atoms with Crippen molar-refractivity contribution in [2.24, 2.45) is 0 Å². The molecule has 0 heterocycles. The topological polar surface area (TPSA) is 17.1 Å². The molecule has 0 atom stereocenters. The molecule has 1 aromatic carbocycles. The van der Waals surface area contributed by atoms with E-state index in [1.54, 1.807) is 0 Å². The standard InChI is InChI=1S/C10H9F3O/c1-5-3-8(10(12)13)7(6(2)14)4-9(5)11/h3-4,10H,1-2H3. The number of carbonyl (C=O) groups is 1. The molecule has 0 fully saturated rings. The molecule has 0 amide bonds. The predicted octanol–water partition coefficient (Wildman–Crippen LogP) is 3.27. The lowest BCUT2D eigenvalue weighted by Crippen LogP contribution is -2.02. The van der Waals surface area contributed by atoms with Crippen LogP contribution in [-0.2, 0) is 0 Å². The summed E-state index contributed by atoms with van der Waals surface area (Å²) in [6.07, 6.45) is -2.76. The van der Waals surface area contributed by atoms with Crippen LogP contribution in [0.2, 0.25) is 0 Å². The summed E-state index contributed by atoms with van der Waals surface area (Å²) in [5.74, 6) is -1.20. The van der Waals surface area contributed by atoms with Gasteiger partial charge in [0.25, 0.3) is 6.43 Å². The van der Waals surface area contributed by atoms with E-state index in [4.69, 9.17) is 0 Å². The molecule has 0 saturated carbocycles. The number of halogens is 3. The highest BCUT2D eigenvalue weighted by Gasteiger charge is 2.17. The molecule has 1 rings (SSSR count). The van der Waals surface area contributed by atoms with Crippen LogP contribution in [0.3, 0.4) is 0 Å². The van der Waals surface area contributed by atoms with Gasteiger partial charge in [-0.25, -0.2) is 13.2 Å². The average Bonchev–Trinajstić information content (AvgIpc) is 2.08. The molecular weight excluding hydrogens is 193 g/mol. The summed E-state index contributed by atoms with van der Waals surface area (Å²) in [6, 6.07) is 1.87. The van der Waals surface area contributed by atoms with Crippen LogP contribution in [0.1, 0.15) is 34.8 Å². The lowest BCUT2D eigenvalue weighted by molar-refractivity contribution is 0.0998. The van der Waals surface area contributed by atoms with Gasteiger partial charge < -0.3 is 0 Å². The number of hydrogen-bond donors (Lipinski definition) is 0. The van der Waals surface area contributed by atoms with E-state index in [2.05, 4.69) is 0 Å². The molecule has 1 aromatic rings. The van der Waals surface area contributed by atoms with Crippen LogP contribution >= 0.6 is 0 Å². The smallest absolute Gasteiger partial charge is 0.264 e. The van der Waals surface area contributed by atoms with E-state index in [9.17, 15) is 18.0 Å². The molecule has 0 aliphatic rings. The van der Waals surface area contributed by atoms with Crippen LogP contribution in [0.5, 0.6) is 0 Å². The highest BCUT2D eigenvalue weighted by atomic mass is 19.3. The molecule has 0 aromatic heterocycles. The van der Waals surface area contributed by atoms with Gasteiger partial charge in [0.15, 0.2) is 5.78 Å². The minimum Gasteiger partial charge on any atom is -0.294 e. The molecule has 0 aliphatic heterocycles. The van der Waals surface area contributed by atoms with Crippen LogP contribution in [0, 0.1) is 12.7 Å².